The molecule has 0 amide bonds. The van der Waals surface area contributed by atoms with Crippen molar-refractivity contribution in [1.82, 2.24) is 0 Å². The van der Waals surface area contributed by atoms with Crippen molar-refractivity contribution in [1.29, 1.82) is 0 Å². The van der Waals surface area contributed by atoms with E-state index in [9.17, 15) is 0 Å². The van der Waals surface area contributed by atoms with Crippen molar-refractivity contribution in [2.75, 3.05) is 9.36 Å². The Morgan fingerprint density at radius 2 is 1.71 bits per heavy atom. The molecule has 0 aliphatic carbocycles. The van der Waals surface area contributed by atoms with E-state index in [-0.39, 0.29) is 40.1 Å². The molecule has 0 saturated carbocycles. The molecule has 0 unspecified atom stereocenters. The standard InChI is InChI=1S/C4H9I.CH3.Y/c1-4-5(2)3;;/h1-2,4H2,3H3;1H3;/q-2;-1;+3. The van der Waals surface area contributed by atoms with E-state index in [1.807, 2.05) is 0 Å². The molecule has 0 aliphatic rings. The summed E-state index contributed by atoms with van der Waals surface area (Å²) in [5.41, 5.74) is 0. The number of hydrogen-bond donors (Lipinski definition) is 0. The van der Waals surface area contributed by atoms with Crippen LogP contribution in [0.5, 0.6) is 0 Å². The molecule has 0 heterocycles. The average molecular weight is 288 g/mol. The molecule has 0 aliphatic heterocycles. The first kappa shape index (κ1) is 15.9. The smallest absolute Gasteiger partial charge is 0.358 e. The summed E-state index contributed by atoms with van der Waals surface area (Å²) in [5.74, 6) is 0. The van der Waals surface area contributed by atoms with E-state index in [2.05, 4.69) is 16.8 Å². The van der Waals surface area contributed by atoms with Gasteiger partial charge >= 0.3 is 73.7 Å². The minimum absolute atomic E-state index is 0. The van der Waals surface area contributed by atoms with Crippen LogP contribution in [0, 0.1) is 19.3 Å². The molecule has 0 radical (unpaired) electrons. The van der Waals surface area contributed by atoms with Crippen LogP contribution in [0.3, 0.4) is 0 Å². The fourth-order valence-corrected chi connectivity index (χ4v) is 0. The molecule has 7 heavy (non-hydrogen) atoms. The van der Waals surface area contributed by atoms with Gasteiger partial charge < -0.3 is 7.43 Å². The molecule has 0 aromatic rings. The number of rotatable bonds is 1. The maximum absolute atomic E-state index is 3.85. The van der Waals surface area contributed by atoms with Gasteiger partial charge in [0, 0.05) is 0 Å². The summed E-state index contributed by atoms with van der Waals surface area (Å²) >= 11 is -0.643. The summed E-state index contributed by atoms with van der Waals surface area (Å²) in [6.45, 7) is 3.69. The number of alkyl halides is 2. The largest absolute Gasteiger partial charge is 3.00 e. The molecule has 42 valence electrons. The molecular formula is C5H12IY. The van der Waals surface area contributed by atoms with Crippen molar-refractivity contribution in [3.05, 3.63) is 19.3 Å². The van der Waals surface area contributed by atoms with Crippen LogP contribution in [0.15, 0.2) is 0 Å². The SMILES string of the molecule is [CH2-]CI([CH2-])C.[CH3-].[Y+3]. The van der Waals surface area contributed by atoms with Crippen LogP contribution in [-0.4, -0.2) is 9.36 Å². The van der Waals surface area contributed by atoms with Crippen LogP contribution in [0.2, 0.25) is 0 Å². The Morgan fingerprint density at radius 3 is 1.71 bits per heavy atom. The van der Waals surface area contributed by atoms with E-state index in [4.69, 9.17) is 0 Å². The summed E-state index contributed by atoms with van der Waals surface area (Å²) in [6, 6.07) is 0. The summed E-state index contributed by atoms with van der Waals surface area (Å²) in [4.78, 5) is 6.06. The van der Waals surface area contributed by atoms with Gasteiger partial charge in [-0.2, -0.15) is 0 Å². The minimum atomic E-state index is -0.643. The van der Waals surface area contributed by atoms with Crippen molar-refractivity contribution in [3.63, 3.8) is 0 Å². The Hall–Kier alpha value is 1.83. The van der Waals surface area contributed by atoms with Crippen LogP contribution in [0.1, 0.15) is 0 Å². The Morgan fingerprint density at radius 1 is 1.57 bits per heavy atom. The first-order valence-corrected chi connectivity index (χ1v) is 6.62. The van der Waals surface area contributed by atoms with Crippen molar-refractivity contribution >= 4 is 19.8 Å². The molecule has 0 rings (SSSR count). The van der Waals surface area contributed by atoms with Crippen LogP contribution in [0.4, 0.5) is 0 Å². The summed E-state index contributed by atoms with van der Waals surface area (Å²) < 4.78 is 1.10. The predicted octanol–water partition coefficient (Wildman–Crippen LogP) is 2.20. The molecule has 0 saturated heterocycles. The number of hydrogen-bond acceptors (Lipinski definition) is 0. The van der Waals surface area contributed by atoms with Gasteiger partial charge in [-0.25, -0.2) is 0 Å². The number of halogens is 1. The second-order valence-electron chi connectivity index (χ2n) is 0.912. The van der Waals surface area contributed by atoms with Gasteiger partial charge in [0.25, 0.3) is 0 Å². The zero-order chi connectivity index (χ0) is 4.28. The first-order valence-electron chi connectivity index (χ1n) is 1.41. The summed E-state index contributed by atoms with van der Waals surface area (Å²) in [5, 5.41) is 0. The molecule has 0 atom stereocenters. The molecule has 2 heteroatoms. The molecule has 0 aromatic carbocycles. The van der Waals surface area contributed by atoms with E-state index in [1.54, 1.807) is 0 Å². The van der Waals surface area contributed by atoms with Crippen molar-refractivity contribution in [3.8, 4) is 0 Å². The normalized spacial score (nSPS) is 8.14. The van der Waals surface area contributed by atoms with Gasteiger partial charge in [0.1, 0.15) is 0 Å². The van der Waals surface area contributed by atoms with Crippen LogP contribution < -0.4 is 0 Å². The Labute approximate surface area is 80.1 Å². The van der Waals surface area contributed by atoms with Crippen molar-refractivity contribution in [2.45, 2.75) is 0 Å². The average Bonchev–Trinajstić information content (AvgIpc) is 1.38. The Bertz CT molecular complexity index is 22.0. The van der Waals surface area contributed by atoms with Crippen molar-refractivity contribution < 1.29 is 32.7 Å². The van der Waals surface area contributed by atoms with Gasteiger partial charge in [0.2, 0.25) is 0 Å². The molecule has 0 nitrogen and oxygen atoms in total. The third-order valence-corrected chi connectivity index (χ3v) is 2.16. The van der Waals surface area contributed by atoms with E-state index in [1.165, 1.54) is 0 Å². The molecule has 0 spiro atoms. The molecular weight excluding hydrogens is 276 g/mol. The maximum Gasteiger partial charge on any atom is 3.00 e. The van der Waals surface area contributed by atoms with Crippen molar-refractivity contribution in [2.24, 2.45) is 0 Å². The monoisotopic (exact) mass is 288 g/mol. The van der Waals surface area contributed by atoms with Crippen LogP contribution in [-0.2, 0) is 32.7 Å². The topological polar surface area (TPSA) is 0 Å². The molecule has 0 bridgehead atoms. The molecule has 0 aromatic heterocycles. The van der Waals surface area contributed by atoms with E-state index >= 15 is 0 Å². The van der Waals surface area contributed by atoms with Gasteiger partial charge in [-0.15, -0.1) is 0 Å². The fraction of sp³-hybridized carbons (Fsp3) is 0.400. The third kappa shape index (κ3) is 18.1. The van der Waals surface area contributed by atoms with E-state index in [0.29, 0.717) is 0 Å². The second kappa shape index (κ2) is 10.7. The summed E-state index contributed by atoms with van der Waals surface area (Å²) in [6.07, 6.45) is 0. The molecule has 0 N–H and O–H groups in total. The fourth-order valence-electron chi connectivity index (χ4n) is 0. The van der Waals surface area contributed by atoms with Gasteiger partial charge in [-0.1, -0.05) is 0 Å². The van der Waals surface area contributed by atoms with Crippen LogP contribution >= 0.6 is 19.8 Å². The van der Waals surface area contributed by atoms with E-state index < -0.39 is 19.8 Å². The minimum Gasteiger partial charge on any atom is -0.358 e. The van der Waals surface area contributed by atoms with Crippen LogP contribution in [0.25, 0.3) is 0 Å². The van der Waals surface area contributed by atoms with Gasteiger partial charge in [-0.05, 0) is 0 Å². The zero-order valence-electron chi connectivity index (χ0n) is 5.08. The second-order valence-corrected chi connectivity index (χ2v) is 6.12. The molecule has 0 fully saturated rings. The van der Waals surface area contributed by atoms with Gasteiger partial charge in [0.05, 0.1) is 0 Å². The van der Waals surface area contributed by atoms with Gasteiger partial charge in [0.15, 0.2) is 0 Å². The first-order chi connectivity index (χ1) is 2.27. The maximum atomic E-state index is 3.85. The third-order valence-electron chi connectivity index (χ3n) is 0.323. The Kier molecular flexibility index (Phi) is 24.5. The quantitative estimate of drug-likeness (QED) is 0.394. The summed E-state index contributed by atoms with van der Waals surface area (Å²) in [7, 11) is 0. The van der Waals surface area contributed by atoms with E-state index in [0.717, 1.165) is 4.43 Å². The predicted molar refractivity (Wildman–Crippen MR) is 41.9 cm³/mol. The Balaban J connectivity index is -0.0000000800. The van der Waals surface area contributed by atoms with Gasteiger partial charge in [-0.3, -0.25) is 0 Å². The zero-order valence-corrected chi connectivity index (χ0v) is 10.1.